The molecule has 0 saturated carbocycles. The second kappa shape index (κ2) is 6.96. The lowest BCUT2D eigenvalue weighted by Crippen LogP contribution is -2.41. The molecular weight excluding hydrogens is 331 g/mol. The van der Waals surface area contributed by atoms with E-state index in [1.165, 1.54) is 5.56 Å². The van der Waals surface area contributed by atoms with E-state index in [1.807, 2.05) is 6.07 Å². The summed E-state index contributed by atoms with van der Waals surface area (Å²) in [7, 11) is -0.389. The zero-order valence-electron chi connectivity index (χ0n) is 17.7. The standard InChI is InChI=1S/C24H31BO2/c1-22(2,3)20-15-13-18(14-16-20)17-21(19-11-9-8-10-12-19)25-26-23(4,5)24(6,7)27-25/h8-17H,1-7H3/b21-17+. The molecule has 0 amide bonds. The molecule has 0 aliphatic carbocycles. The van der Waals surface area contributed by atoms with Crippen LogP contribution in [0.15, 0.2) is 54.6 Å². The van der Waals surface area contributed by atoms with Gasteiger partial charge in [-0.05, 0) is 55.3 Å². The predicted octanol–water partition coefficient (Wildman–Crippen LogP) is 6.16. The average molecular weight is 362 g/mol. The van der Waals surface area contributed by atoms with E-state index in [0.717, 1.165) is 16.6 Å². The van der Waals surface area contributed by atoms with Crippen molar-refractivity contribution in [1.29, 1.82) is 0 Å². The summed E-state index contributed by atoms with van der Waals surface area (Å²) in [5.74, 6) is 0. The van der Waals surface area contributed by atoms with Gasteiger partial charge in [-0.25, -0.2) is 0 Å². The zero-order valence-corrected chi connectivity index (χ0v) is 17.7. The predicted molar refractivity (Wildman–Crippen MR) is 116 cm³/mol. The Kier molecular flexibility index (Phi) is 5.13. The number of hydrogen-bond donors (Lipinski definition) is 0. The SMILES string of the molecule is CC(C)(C)c1ccc(/C=C(/B2OC(C)(C)C(C)(C)O2)c2ccccc2)cc1. The van der Waals surface area contributed by atoms with E-state index in [1.54, 1.807) is 0 Å². The number of rotatable bonds is 3. The zero-order chi connectivity index (χ0) is 19.9. The average Bonchev–Trinajstić information content (AvgIpc) is 2.80. The molecule has 1 saturated heterocycles. The molecule has 0 radical (unpaired) electrons. The van der Waals surface area contributed by atoms with Crippen LogP contribution in [0.1, 0.15) is 65.2 Å². The normalized spacial score (nSPS) is 19.4. The molecule has 0 bridgehead atoms. The summed E-state index contributed by atoms with van der Waals surface area (Å²) in [6.45, 7) is 15.1. The van der Waals surface area contributed by atoms with Gasteiger partial charge in [0.25, 0.3) is 0 Å². The molecule has 1 aliphatic heterocycles. The van der Waals surface area contributed by atoms with Crippen LogP contribution in [0.4, 0.5) is 0 Å². The Balaban J connectivity index is 2.00. The maximum absolute atomic E-state index is 6.34. The molecule has 0 unspecified atom stereocenters. The van der Waals surface area contributed by atoms with Gasteiger partial charge in [-0.2, -0.15) is 0 Å². The third-order valence-electron chi connectivity index (χ3n) is 5.71. The van der Waals surface area contributed by atoms with Crippen LogP contribution in [0.3, 0.4) is 0 Å². The van der Waals surface area contributed by atoms with E-state index in [0.29, 0.717) is 0 Å². The summed E-state index contributed by atoms with van der Waals surface area (Å²) in [5.41, 5.74) is 4.08. The molecule has 27 heavy (non-hydrogen) atoms. The summed E-state index contributed by atoms with van der Waals surface area (Å²) in [6.07, 6.45) is 2.18. The summed E-state index contributed by atoms with van der Waals surface area (Å²) in [6, 6.07) is 19.1. The molecule has 0 aromatic heterocycles. The Hall–Kier alpha value is -1.84. The van der Waals surface area contributed by atoms with Crippen LogP contribution < -0.4 is 0 Å². The van der Waals surface area contributed by atoms with Gasteiger partial charge in [0.15, 0.2) is 0 Å². The minimum atomic E-state index is -0.389. The molecule has 2 aromatic carbocycles. The van der Waals surface area contributed by atoms with Crippen LogP contribution in [0.25, 0.3) is 11.5 Å². The first-order valence-corrected chi connectivity index (χ1v) is 9.73. The quantitative estimate of drug-likeness (QED) is 0.481. The Labute approximate surface area is 164 Å². The van der Waals surface area contributed by atoms with Crippen molar-refractivity contribution < 1.29 is 9.31 Å². The van der Waals surface area contributed by atoms with E-state index in [4.69, 9.17) is 9.31 Å². The van der Waals surface area contributed by atoms with Crippen molar-refractivity contribution in [2.24, 2.45) is 0 Å². The molecule has 142 valence electrons. The molecule has 1 fully saturated rings. The van der Waals surface area contributed by atoms with Crippen molar-refractivity contribution >= 4 is 18.7 Å². The largest absolute Gasteiger partial charge is 0.495 e. The van der Waals surface area contributed by atoms with Gasteiger partial charge in [0.2, 0.25) is 0 Å². The minimum Gasteiger partial charge on any atom is -0.399 e. The van der Waals surface area contributed by atoms with Crippen molar-refractivity contribution in [3.8, 4) is 0 Å². The Bertz CT molecular complexity index is 796. The van der Waals surface area contributed by atoms with E-state index >= 15 is 0 Å². The van der Waals surface area contributed by atoms with Crippen molar-refractivity contribution in [3.63, 3.8) is 0 Å². The number of benzene rings is 2. The second-order valence-electron chi connectivity index (χ2n) is 9.43. The molecule has 1 aliphatic rings. The van der Waals surface area contributed by atoms with Gasteiger partial charge in [0, 0.05) is 0 Å². The Morgan fingerprint density at radius 3 is 1.81 bits per heavy atom. The van der Waals surface area contributed by atoms with Crippen LogP contribution >= 0.6 is 0 Å². The fraction of sp³-hybridized carbons (Fsp3) is 0.417. The Morgan fingerprint density at radius 2 is 1.33 bits per heavy atom. The highest BCUT2D eigenvalue weighted by Crippen LogP contribution is 2.41. The molecule has 0 N–H and O–H groups in total. The lowest BCUT2D eigenvalue weighted by molar-refractivity contribution is 0.00578. The minimum absolute atomic E-state index is 0.149. The summed E-state index contributed by atoms with van der Waals surface area (Å²) < 4.78 is 12.7. The van der Waals surface area contributed by atoms with E-state index in [-0.39, 0.29) is 23.7 Å². The van der Waals surface area contributed by atoms with Gasteiger partial charge in [-0.1, -0.05) is 81.4 Å². The van der Waals surface area contributed by atoms with E-state index in [2.05, 4.69) is 103 Å². The van der Waals surface area contributed by atoms with Crippen LogP contribution in [0, 0.1) is 0 Å². The van der Waals surface area contributed by atoms with Crippen molar-refractivity contribution in [2.75, 3.05) is 0 Å². The lowest BCUT2D eigenvalue weighted by Gasteiger charge is -2.32. The molecular formula is C24H31BO2. The second-order valence-corrected chi connectivity index (χ2v) is 9.43. The van der Waals surface area contributed by atoms with Gasteiger partial charge < -0.3 is 9.31 Å². The van der Waals surface area contributed by atoms with Gasteiger partial charge >= 0.3 is 7.12 Å². The smallest absolute Gasteiger partial charge is 0.399 e. The highest BCUT2D eigenvalue weighted by Gasteiger charge is 2.52. The first kappa shape index (κ1) is 19.9. The monoisotopic (exact) mass is 362 g/mol. The van der Waals surface area contributed by atoms with Gasteiger partial charge in [0.05, 0.1) is 11.2 Å². The molecule has 3 rings (SSSR count). The Morgan fingerprint density at radius 1 is 0.815 bits per heavy atom. The summed E-state index contributed by atoms with van der Waals surface area (Å²) in [4.78, 5) is 0. The first-order valence-electron chi connectivity index (χ1n) is 9.73. The van der Waals surface area contributed by atoms with Gasteiger partial charge in [0.1, 0.15) is 0 Å². The third kappa shape index (κ3) is 4.20. The number of hydrogen-bond acceptors (Lipinski definition) is 2. The van der Waals surface area contributed by atoms with Crippen molar-refractivity contribution in [1.82, 2.24) is 0 Å². The van der Waals surface area contributed by atoms with E-state index in [9.17, 15) is 0 Å². The maximum atomic E-state index is 6.34. The highest BCUT2D eigenvalue weighted by atomic mass is 16.7. The van der Waals surface area contributed by atoms with Gasteiger partial charge in [-0.15, -0.1) is 0 Å². The van der Waals surface area contributed by atoms with Crippen LogP contribution in [0.2, 0.25) is 0 Å². The van der Waals surface area contributed by atoms with Crippen molar-refractivity contribution in [3.05, 3.63) is 71.3 Å². The van der Waals surface area contributed by atoms with Crippen molar-refractivity contribution in [2.45, 2.75) is 65.1 Å². The molecule has 0 spiro atoms. The fourth-order valence-electron chi connectivity index (χ4n) is 3.15. The molecule has 2 nitrogen and oxygen atoms in total. The summed E-state index contributed by atoms with van der Waals surface area (Å²) >= 11 is 0. The molecule has 3 heteroatoms. The lowest BCUT2D eigenvalue weighted by atomic mass is 9.73. The highest BCUT2D eigenvalue weighted by molar-refractivity contribution is 6.70. The molecule has 2 aromatic rings. The topological polar surface area (TPSA) is 18.5 Å². The molecule has 0 atom stereocenters. The first-order chi connectivity index (χ1) is 12.5. The van der Waals surface area contributed by atoms with Crippen LogP contribution in [-0.4, -0.2) is 18.3 Å². The van der Waals surface area contributed by atoms with Gasteiger partial charge in [-0.3, -0.25) is 0 Å². The summed E-state index contributed by atoms with van der Waals surface area (Å²) in [5, 5.41) is 0. The molecule has 1 heterocycles. The van der Waals surface area contributed by atoms with E-state index < -0.39 is 0 Å². The maximum Gasteiger partial charge on any atom is 0.495 e. The third-order valence-corrected chi connectivity index (χ3v) is 5.71. The van der Waals surface area contributed by atoms with Crippen LogP contribution in [0.5, 0.6) is 0 Å². The fourth-order valence-corrected chi connectivity index (χ4v) is 3.15. The van der Waals surface area contributed by atoms with Crippen LogP contribution in [-0.2, 0) is 14.7 Å².